The van der Waals surface area contributed by atoms with E-state index in [1.807, 2.05) is 0 Å². The number of carbonyl (C=O) groups is 1. The molecule has 0 bridgehead atoms. The van der Waals surface area contributed by atoms with Gasteiger partial charge in [0.15, 0.2) is 0 Å². The molecular weight excluding hydrogens is 163 g/mol. The average Bonchev–Trinajstić information content (AvgIpc) is 2.16. The van der Waals surface area contributed by atoms with Gasteiger partial charge in [-0.3, -0.25) is 4.79 Å². The number of rotatable bonds is 1. The Balaban J connectivity index is 2.38. The number of hydrogen-bond donors (Lipinski definition) is 1. The summed E-state index contributed by atoms with van der Waals surface area (Å²) < 4.78 is 0. The summed E-state index contributed by atoms with van der Waals surface area (Å²) in [5.74, 6) is -0.451. The van der Waals surface area contributed by atoms with E-state index in [9.17, 15) is 4.79 Å². The van der Waals surface area contributed by atoms with Crippen molar-refractivity contribution >= 4 is 13.8 Å². The van der Waals surface area contributed by atoms with Crippen LogP contribution in [0.5, 0.6) is 0 Å². The zero-order valence-electron chi connectivity index (χ0n) is 8.04. The maximum Gasteiger partial charge on any atom is 0.306 e. The van der Waals surface area contributed by atoms with E-state index < -0.39 is 5.97 Å². The first kappa shape index (κ1) is 10.6. The van der Waals surface area contributed by atoms with Gasteiger partial charge in [-0.15, -0.1) is 0 Å². The van der Waals surface area contributed by atoms with Gasteiger partial charge in [0.2, 0.25) is 0 Å². The molecule has 1 saturated carbocycles. The Kier molecular flexibility index (Phi) is 4.33. The van der Waals surface area contributed by atoms with Crippen LogP contribution in [0.3, 0.4) is 0 Å². The Morgan fingerprint density at radius 3 is 2.31 bits per heavy atom. The van der Waals surface area contributed by atoms with Crippen molar-refractivity contribution in [3.05, 3.63) is 0 Å². The monoisotopic (exact) mass is 180 g/mol. The van der Waals surface area contributed by atoms with E-state index >= 15 is 0 Å². The molecule has 0 aliphatic heterocycles. The summed E-state index contributed by atoms with van der Waals surface area (Å²) in [6.07, 6.45) is 6.77. The largest absolute Gasteiger partial charge is 0.481 e. The summed E-state index contributed by atoms with van der Waals surface area (Å²) in [6, 6.07) is 0. The molecule has 2 nitrogen and oxygen atoms in total. The molecule has 1 aliphatic carbocycles. The first-order valence-electron chi connectivity index (χ1n) is 5.18. The van der Waals surface area contributed by atoms with Gasteiger partial charge in [0, 0.05) is 0 Å². The summed E-state index contributed by atoms with van der Waals surface area (Å²) in [4.78, 5) is 10.8. The second kappa shape index (κ2) is 5.30. The Morgan fingerprint density at radius 1 is 1.08 bits per heavy atom. The molecule has 1 fully saturated rings. The van der Waals surface area contributed by atoms with E-state index in [4.69, 9.17) is 13.0 Å². The third-order valence-corrected chi connectivity index (χ3v) is 2.85. The Bertz CT molecular complexity index is 170. The van der Waals surface area contributed by atoms with Gasteiger partial charge in [-0.1, -0.05) is 37.9 Å². The fourth-order valence-corrected chi connectivity index (χ4v) is 1.96. The number of aliphatic carboxylic acids is 1. The first-order chi connectivity index (χ1) is 6.20. The van der Waals surface area contributed by atoms with Gasteiger partial charge in [-0.25, -0.2) is 0 Å². The van der Waals surface area contributed by atoms with E-state index in [2.05, 4.69) is 0 Å². The van der Waals surface area contributed by atoms with E-state index in [1.165, 1.54) is 0 Å². The molecule has 72 valence electrons. The lowest BCUT2D eigenvalue weighted by Crippen LogP contribution is -2.13. The quantitative estimate of drug-likeness (QED) is 0.629. The predicted octanol–water partition coefficient (Wildman–Crippen LogP) is 2.39. The molecule has 2 atom stereocenters. The van der Waals surface area contributed by atoms with Crippen molar-refractivity contribution in [3.63, 3.8) is 0 Å². The van der Waals surface area contributed by atoms with E-state index in [1.54, 1.807) is 0 Å². The second-order valence-corrected chi connectivity index (χ2v) is 4.01. The molecule has 0 aromatic rings. The minimum Gasteiger partial charge on any atom is -0.481 e. The summed E-state index contributed by atoms with van der Waals surface area (Å²) in [5.41, 5.74) is 0. The molecule has 0 saturated heterocycles. The van der Waals surface area contributed by atoms with Gasteiger partial charge in [-0.2, -0.15) is 0 Å². The normalized spacial score (nSPS) is 31.4. The summed E-state index contributed by atoms with van der Waals surface area (Å²) in [5, 5.41) is 8.88. The highest BCUT2D eigenvalue weighted by Gasteiger charge is 2.18. The zero-order valence-corrected chi connectivity index (χ0v) is 8.04. The molecule has 13 heavy (non-hydrogen) atoms. The average molecular weight is 180 g/mol. The standard InChI is InChI=1S/C10H17BO2/c11-9-6-2-1-4-8(10(12)13)5-3-7-9/h8-9H,1-7H2,(H,12,13). The van der Waals surface area contributed by atoms with Gasteiger partial charge in [-0.05, 0) is 12.8 Å². The van der Waals surface area contributed by atoms with E-state index in [0.29, 0.717) is 5.82 Å². The van der Waals surface area contributed by atoms with Crippen molar-refractivity contribution < 1.29 is 9.90 Å². The van der Waals surface area contributed by atoms with Crippen LogP contribution in [0.1, 0.15) is 44.9 Å². The molecule has 1 N–H and O–H groups in total. The SMILES string of the molecule is [B]C1CCCCC(C(=O)O)CCC1. The highest BCUT2D eigenvalue weighted by Crippen LogP contribution is 2.26. The summed E-state index contributed by atoms with van der Waals surface area (Å²) in [7, 11) is 5.85. The van der Waals surface area contributed by atoms with Crippen LogP contribution < -0.4 is 0 Å². The van der Waals surface area contributed by atoms with Crippen LogP contribution in [0, 0.1) is 5.92 Å². The maximum absolute atomic E-state index is 10.8. The van der Waals surface area contributed by atoms with Crippen LogP contribution in [0.4, 0.5) is 0 Å². The fraction of sp³-hybridized carbons (Fsp3) is 0.900. The van der Waals surface area contributed by atoms with Crippen molar-refractivity contribution in [2.75, 3.05) is 0 Å². The third kappa shape index (κ3) is 3.84. The first-order valence-corrected chi connectivity index (χ1v) is 5.18. The number of carboxylic acids is 1. The lowest BCUT2D eigenvalue weighted by Gasteiger charge is -2.09. The molecule has 0 aromatic heterocycles. The Hall–Kier alpha value is -0.465. The Morgan fingerprint density at radius 2 is 1.62 bits per heavy atom. The predicted molar refractivity (Wildman–Crippen MR) is 52.9 cm³/mol. The lowest BCUT2D eigenvalue weighted by atomic mass is 9.80. The van der Waals surface area contributed by atoms with Crippen molar-refractivity contribution in [2.45, 2.75) is 50.8 Å². The van der Waals surface area contributed by atoms with Gasteiger partial charge in [0.1, 0.15) is 0 Å². The van der Waals surface area contributed by atoms with Gasteiger partial charge < -0.3 is 5.11 Å². The number of carboxylic acid groups (broad SMARTS) is 1. The Labute approximate surface area is 81.1 Å². The highest BCUT2D eigenvalue weighted by molar-refractivity contribution is 6.11. The molecule has 0 aromatic carbocycles. The van der Waals surface area contributed by atoms with E-state index in [-0.39, 0.29) is 5.92 Å². The summed E-state index contributed by atoms with van der Waals surface area (Å²) >= 11 is 0. The maximum atomic E-state index is 10.8. The van der Waals surface area contributed by atoms with Crippen molar-refractivity contribution in [1.82, 2.24) is 0 Å². The lowest BCUT2D eigenvalue weighted by molar-refractivity contribution is -0.142. The van der Waals surface area contributed by atoms with Crippen LogP contribution in [0.2, 0.25) is 5.82 Å². The van der Waals surface area contributed by atoms with Crippen LogP contribution in [0.15, 0.2) is 0 Å². The van der Waals surface area contributed by atoms with E-state index in [0.717, 1.165) is 44.9 Å². The van der Waals surface area contributed by atoms with Crippen LogP contribution in [-0.2, 0) is 4.79 Å². The molecule has 0 amide bonds. The van der Waals surface area contributed by atoms with Crippen LogP contribution in [-0.4, -0.2) is 18.9 Å². The van der Waals surface area contributed by atoms with Crippen LogP contribution in [0.25, 0.3) is 0 Å². The topological polar surface area (TPSA) is 37.3 Å². The third-order valence-electron chi connectivity index (χ3n) is 2.85. The van der Waals surface area contributed by atoms with Crippen molar-refractivity contribution in [2.24, 2.45) is 5.92 Å². The van der Waals surface area contributed by atoms with Crippen molar-refractivity contribution in [3.8, 4) is 0 Å². The van der Waals surface area contributed by atoms with Crippen molar-refractivity contribution in [1.29, 1.82) is 0 Å². The van der Waals surface area contributed by atoms with Gasteiger partial charge >= 0.3 is 5.97 Å². The molecule has 1 aliphatic rings. The summed E-state index contributed by atoms with van der Waals surface area (Å²) in [6.45, 7) is 0. The molecular formula is C10H17BO2. The number of hydrogen-bond acceptors (Lipinski definition) is 1. The molecule has 2 unspecified atom stereocenters. The van der Waals surface area contributed by atoms with Crippen LogP contribution >= 0.6 is 0 Å². The minimum atomic E-state index is -0.629. The molecule has 0 spiro atoms. The molecule has 1 rings (SSSR count). The fourth-order valence-electron chi connectivity index (χ4n) is 1.96. The minimum absolute atomic E-state index is 0.120. The smallest absolute Gasteiger partial charge is 0.306 e. The second-order valence-electron chi connectivity index (χ2n) is 4.01. The highest BCUT2D eigenvalue weighted by atomic mass is 16.4. The zero-order chi connectivity index (χ0) is 9.68. The molecule has 2 radical (unpaired) electrons. The molecule has 3 heteroatoms. The van der Waals surface area contributed by atoms with Gasteiger partial charge in [0.25, 0.3) is 0 Å². The van der Waals surface area contributed by atoms with Gasteiger partial charge in [0.05, 0.1) is 13.8 Å². The molecule has 0 heterocycles.